The number of carboxylic acid groups (broad SMARTS) is 1. The predicted octanol–water partition coefficient (Wildman–Crippen LogP) is 3.97. The quantitative estimate of drug-likeness (QED) is 0.754. The average molecular weight is 335 g/mol. The molecule has 5 nitrogen and oxygen atoms in total. The Morgan fingerprint density at radius 3 is 2.78 bits per heavy atom. The summed E-state index contributed by atoms with van der Waals surface area (Å²) in [5.41, 5.74) is 0.0891. The third kappa shape index (κ3) is 2.72. The van der Waals surface area contributed by atoms with Gasteiger partial charge in [0, 0.05) is 0 Å². The van der Waals surface area contributed by atoms with Crippen LogP contribution in [-0.4, -0.2) is 20.7 Å². The Labute approximate surface area is 133 Å². The molecule has 3 aromatic rings. The van der Waals surface area contributed by atoms with Crippen molar-refractivity contribution in [2.24, 2.45) is 0 Å². The molecule has 2 N–H and O–H groups in total. The number of nitrogens with zero attached hydrogens (tertiary/aromatic N) is 2. The molecule has 0 saturated carbocycles. The highest BCUT2D eigenvalue weighted by molar-refractivity contribution is 7.13. The fourth-order valence-electron chi connectivity index (χ4n) is 2.19. The zero-order valence-corrected chi connectivity index (χ0v) is 12.7. The van der Waals surface area contributed by atoms with Gasteiger partial charge < -0.3 is 10.4 Å². The molecule has 0 atom stereocenters. The Kier molecular flexibility index (Phi) is 3.91. The lowest BCUT2D eigenvalue weighted by atomic mass is 10.1. The van der Waals surface area contributed by atoms with Crippen molar-refractivity contribution in [2.75, 3.05) is 5.32 Å². The van der Waals surface area contributed by atoms with Crippen molar-refractivity contribution in [1.29, 1.82) is 0 Å². The molecule has 0 bridgehead atoms. The molecule has 0 aliphatic carbocycles. The van der Waals surface area contributed by atoms with Crippen LogP contribution in [0.15, 0.2) is 24.3 Å². The van der Waals surface area contributed by atoms with Crippen LogP contribution in [-0.2, 0) is 6.42 Å². The first-order valence-electron chi connectivity index (χ1n) is 6.74. The van der Waals surface area contributed by atoms with Gasteiger partial charge in [-0.05, 0) is 41.7 Å². The minimum Gasteiger partial charge on any atom is -0.478 e. The Morgan fingerprint density at radius 1 is 1.35 bits per heavy atom. The van der Waals surface area contributed by atoms with Crippen LogP contribution in [0.3, 0.4) is 0 Å². The molecule has 0 aliphatic rings. The lowest BCUT2D eigenvalue weighted by Gasteiger charge is -2.12. The molecule has 3 rings (SSSR count). The Morgan fingerprint density at radius 2 is 2.13 bits per heavy atom. The van der Waals surface area contributed by atoms with E-state index < -0.39 is 17.6 Å². The van der Waals surface area contributed by atoms with E-state index in [1.54, 1.807) is 6.07 Å². The fraction of sp³-hybridized carbons (Fsp3) is 0.133. The van der Waals surface area contributed by atoms with E-state index in [0.717, 1.165) is 17.1 Å². The van der Waals surface area contributed by atoms with Crippen LogP contribution >= 0.6 is 11.5 Å². The summed E-state index contributed by atoms with van der Waals surface area (Å²) in [4.78, 5) is 11.4. The van der Waals surface area contributed by atoms with Gasteiger partial charge in [-0.3, -0.25) is 0 Å². The van der Waals surface area contributed by atoms with Crippen LogP contribution < -0.4 is 5.32 Å². The molecule has 2 aromatic carbocycles. The van der Waals surface area contributed by atoms with E-state index in [2.05, 4.69) is 14.9 Å². The second-order valence-electron chi connectivity index (χ2n) is 4.83. The molecule has 1 heterocycles. The topological polar surface area (TPSA) is 75.1 Å². The number of nitrogens with one attached hydrogen (secondary N) is 1. The van der Waals surface area contributed by atoms with Gasteiger partial charge >= 0.3 is 5.97 Å². The van der Waals surface area contributed by atoms with Gasteiger partial charge in [0.15, 0.2) is 5.82 Å². The maximum Gasteiger partial charge on any atom is 0.337 e. The summed E-state index contributed by atoms with van der Waals surface area (Å²) >= 11 is 0.890. The van der Waals surface area contributed by atoms with Crippen molar-refractivity contribution in [1.82, 2.24) is 9.59 Å². The van der Waals surface area contributed by atoms with E-state index in [1.165, 1.54) is 18.2 Å². The van der Waals surface area contributed by atoms with Crippen molar-refractivity contribution in [2.45, 2.75) is 13.3 Å². The highest BCUT2D eigenvalue weighted by atomic mass is 32.1. The molecule has 0 aliphatic heterocycles. The van der Waals surface area contributed by atoms with E-state index in [4.69, 9.17) is 0 Å². The van der Waals surface area contributed by atoms with Gasteiger partial charge in [-0.25, -0.2) is 13.6 Å². The average Bonchev–Trinajstić information content (AvgIpc) is 3.00. The smallest absolute Gasteiger partial charge is 0.337 e. The molecule has 0 radical (unpaired) electrons. The largest absolute Gasteiger partial charge is 0.478 e. The number of hydrogen-bond acceptors (Lipinski definition) is 5. The number of aromatic nitrogens is 2. The summed E-state index contributed by atoms with van der Waals surface area (Å²) in [6.45, 7) is 1.88. The van der Waals surface area contributed by atoms with Gasteiger partial charge in [0.2, 0.25) is 0 Å². The summed E-state index contributed by atoms with van der Waals surface area (Å²) in [7, 11) is 0. The molecular formula is C15H11F2N3O2S. The number of aromatic carboxylic acids is 1. The molecule has 0 saturated heterocycles. The number of benzene rings is 2. The molecular weight excluding hydrogens is 324 g/mol. The lowest BCUT2D eigenvalue weighted by Crippen LogP contribution is -2.06. The number of aryl methyl sites for hydroxylation is 1. The van der Waals surface area contributed by atoms with Gasteiger partial charge in [-0.1, -0.05) is 17.5 Å². The third-order valence-corrected chi connectivity index (χ3v) is 4.09. The molecule has 0 unspecified atom stereocenters. The van der Waals surface area contributed by atoms with Crippen LogP contribution in [0.5, 0.6) is 0 Å². The number of carbonyl (C=O) groups is 1. The highest BCUT2D eigenvalue weighted by Crippen LogP contribution is 2.32. The van der Waals surface area contributed by atoms with Crippen LogP contribution in [0, 0.1) is 11.6 Å². The molecule has 0 amide bonds. The molecule has 0 fully saturated rings. The SMILES string of the molecule is CCc1ccc(Nc2c(C(=O)O)cc3snnc3c2F)c(F)c1. The highest BCUT2D eigenvalue weighted by Gasteiger charge is 2.21. The zero-order chi connectivity index (χ0) is 16.6. The molecule has 23 heavy (non-hydrogen) atoms. The zero-order valence-electron chi connectivity index (χ0n) is 11.9. The Hall–Kier alpha value is -2.61. The van der Waals surface area contributed by atoms with Crippen molar-refractivity contribution in [3.05, 3.63) is 47.0 Å². The Balaban J connectivity index is 2.13. The van der Waals surface area contributed by atoms with Crippen LogP contribution in [0.1, 0.15) is 22.8 Å². The molecule has 1 aromatic heterocycles. The number of rotatable bonds is 4. The van der Waals surface area contributed by atoms with Crippen molar-refractivity contribution in [3.8, 4) is 0 Å². The van der Waals surface area contributed by atoms with Crippen LogP contribution in [0.4, 0.5) is 20.2 Å². The van der Waals surface area contributed by atoms with E-state index in [9.17, 15) is 18.7 Å². The molecule has 8 heteroatoms. The first-order valence-corrected chi connectivity index (χ1v) is 7.52. The van der Waals surface area contributed by atoms with Gasteiger partial charge in [0.25, 0.3) is 0 Å². The fourth-order valence-corrected chi connectivity index (χ4v) is 2.79. The van der Waals surface area contributed by atoms with E-state index >= 15 is 0 Å². The van der Waals surface area contributed by atoms with Gasteiger partial charge in [0.1, 0.15) is 11.3 Å². The lowest BCUT2D eigenvalue weighted by molar-refractivity contribution is 0.0697. The van der Waals surface area contributed by atoms with Crippen LogP contribution in [0.25, 0.3) is 10.2 Å². The number of carboxylic acids is 1. The number of fused-ring (bicyclic) bond motifs is 1. The maximum absolute atomic E-state index is 14.5. The molecule has 0 spiro atoms. The first kappa shape index (κ1) is 15.3. The first-order chi connectivity index (χ1) is 11.0. The number of hydrogen-bond donors (Lipinski definition) is 2. The van der Waals surface area contributed by atoms with Crippen molar-refractivity contribution >= 4 is 39.1 Å². The maximum atomic E-state index is 14.5. The molecule has 118 valence electrons. The summed E-state index contributed by atoms with van der Waals surface area (Å²) in [5, 5.41) is 15.4. The van der Waals surface area contributed by atoms with E-state index in [-0.39, 0.29) is 22.5 Å². The van der Waals surface area contributed by atoms with Crippen molar-refractivity contribution < 1.29 is 18.7 Å². The van der Waals surface area contributed by atoms with Gasteiger partial charge in [-0.15, -0.1) is 5.10 Å². The number of anilines is 2. The van der Waals surface area contributed by atoms with Gasteiger partial charge in [0.05, 0.1) is 21.6 Å². The minimum absolute atomic E-state index is 0.00820. The second-order valence-corrected chi connectivity index (χ2v) is 5.62. The van der Waals surface area contributed by atoms with Crippen molar-refractivity contribution in [3.63, 3.8) is 0 Å². The van der Waals surface area contributed by atoms with Gasteiger partial charge in [-0.2, -0.15) is 0 Å². The monoisotopic (exact) mass is 335 g/mol. The summed E-state index contributed by atoms with van der Waals surface area (Å²) < 4.78 is 32.5. The minimum atomic E-state index is -1.33. The van der Waals surface area contributed by atoms with Crippen LogP contribution in [0.2, 0.25) is 0 Å². The third-order valence-electron chi connectivity index (χ3n) is 3.42. The number of halogens is 2. The summed E-state index contributed by atoms with van der Waals surface area (Å²) in [6, 6.07) is 5.73. The van der Waals surface area contributed by atoms with E-state index in [1.807, 2.05) is 6.92 Å². The standard InChI is InChI=1S/C15H11F2N3O2S/c1-2-7-3-4-10(9(16)5-7)18-13-8(15(21)22)6-11-14(12(13)17)19-20-23-11/h3-6,18H,2H2,1H3,(H,21,22). The normalized spacial score (nSPS) is 10.9. The summed E-state index contributed by atoms with van der Waals surface area (Å²) in [5.74, 6) is -2.78. The second kappa shape index (κ2) is 5.88. The predicted molar refractivity (Wildman–Crippen MR) is 83.4 cm³/mol. The summed E-state index contributed by atoms with van der Waals surface area (Å²) in [6.07, 6.45) is 0.655. The van der Waals surface area contributed by atoms with E-state index in [0.29, 0.717) is 11.1 Å². The Bertz CT molecular complexity index is 911.